The molecule has 0 fully saturated rings. The Labute approximate surface area is 125 Å². The van der Waals surface area contributed by atoms with E-state index >= 15 is 0 Å². The van der Waals surface area contributed by atoms with Crippen LogP contribution in [0, 0.1) is 0 Å². The lowest BCUT2D eigenvalue weighted by molar-refractivity contribution is 0.391. The molecule has 0 aliphatic carbocycles. The molecular formula is C15H19Cl2NO. The third-order valence-corrected chi connectivity index (χ3v) is 2.80. The van der Waals surface area contributed by atoms with Crippen LogP contribution in [-0.4, -0.2) is 5.54 Å². The second-order valence-electron chi connectivity index (χ2n) is 5.38. The SMILES string of the molecule is CC(C)(C)NCc1ccc(-c2cccc(Cl)c2)o1.Cl. The van der Waals surface area contributed by atoms with Gasteiger partial charge in [0.25, 0.3) is 0 Å². The van der Waals surface area contributed by atoms with Crippen molar-refractivity contribution < 1.29 is 4.42 Å². The van der Waals surface area contributed by atoms with Crippen LogP contribution in [-0.2, 0) is 6.54 Å². The number of halogens is 2. The zero-order valence-corrected chi connectivity index (χ0v) is 12.9. The van der Waals surface area contributed by atoms with Gasteiger partial charge in [-0.2, -0.15) is 0 Å². The molecule has 1 aromatic heterocycles. The van der Waals surface area contributed by atoms with Gasteiger partial charge in [-0.3, -0.25) is 0 Å². The molecule has 0 saturated carbocycles. The van der Waals surface area contributed by atoms with E-state index < -0.39 is 0 Å². The molecule has 0 atom stereocenters. The van der Waals surface area contributed by atoms with Crippen molar-refractivity contribution in [1.82, 2.24) is 5.32 Å². The van der Waals surface area contributed by atoms with Gasteiger partial charge in [0, 0.05) is 16.1 Å². The summed E-state index contributed by atoms with van der Waals surface area (Å²) in [4.78, 5) is 0. The van der Waals surface area contributed by atoms with Crippen LogP contribution in [0.3, 0.4) is 0 Å². The maximum absolute atomic E-state index is 5.97. The monoisotopic (exact) mass is 299 g/mol. The van der Waals surface area contributed by atoms with Crippen LogP contribution in [0.4, 0.5) is 0 Å². The molecular weight excluding hydrogens is 281 g/mol. The average molecular weight is 300 g/mol. The van der Waals surface area contributed by atoms with E-state index in [0.29, 0.717) is 0 Å². The van der Waals surface area contributed by atoms with Crippen LogP contribution in [0.25, 0.3) is 11.3 Å². The maximum atomic E-state index is 5.97. The van der Waals surface area contributed by atoms with Crippen molar-refractivity contribution >= 4 is 24.0 Å². The predicted molar refractivity (Wildman–Crippen MR) is 83.0 cm³/mol. The van der Waals surface area contributed by atoms with Gasteiger partial charge in [-0.25, -0.2) is 0 Å². The number of rotatable bonds is 3. The topological polar surface area (TPSA) is 25.2 Å². The zero-order chi connectivity index (χ0) is 13.2. The number of hydrogen-bond donors (Lipinski definition) is 1. The van der Waals surface area contributed by atoms with E-state index in [1.54, 1.807) is 0 Å². The first-order chi connectivity index (χ1) is 8.44. The first-order valence-corrected chi connectivity index (χ1v) is 6.41. The van der Waals surface area contributed by atoms with E-state index in [4.69, 9.17) is 16.0 Å². The second kappa shape index (κ2) is 6.47. The van der Waals surface area contributed by atoms with Gasteiger partial charge in [-0.15, -0.1) is 12.4 Å². The lowest BCUT2D eigenvalue weighted by atomic mass is 10.1. The van der Waals surface area contributed by atoms with Gasteiger partial charge in [0.05, 0.1) is 6.54 Å². The molecule has 0 amide bonds. The summed E-state index contributed by atoms with van der Waals surface area (Å²) in [6.07, 6.45) is 0. The molecule has 0 bridgehead atoms. The lowest BCUT2D eigenvalue weighted by Gasteiger charge is -2.19. The van der Waals surface area contributed by atoms with Crippen LogP contribution in [0.5, 0.6) is 0 Å². The van der Waals surface area contributed by atoms with Gasteiger partial charge < -0.3 is 9.73 Å². The van der Waals surface area contributed by atoms with Crippen LogP contribution in [0.15, 0.2) is 40.8 Å². The van der Waals surface area contributed by atoms with E-state index in [1.807, 2.05) is 36.4 Å². The molecule has 2 rings (SSSR count). The smallest absolute Gasteiger partial charge is 0.134 e. The average Bonchev–Trinajstić information content (AvgIpc) is 2.74. The largest absolute Gasteiger partial charge is 0.460 e. The predicted octanol–water partition coefficient (Wildman–Crippen LogP) is 4.91. The molecule has 2 aromatic rings. The Balaban J connectivity index is 0.00000180. The quantitative estimate of drug-likeness (QED) is 0.871. The van der Waals surface area contributed by atoms with Crippen molar-refractivity contribution in [2.75, 3.05) is 0 Å². The van der Waals surface area contributed by atoms with E-state index in [2.05, 4.69) is 26.1 Å². The molecule has 0 spiro atoms. The minimum atomic E-state index is 0. The molecule has 19 heavy (non-hydrogen) atoms. The van der Waals surface area contributed by atoms with Crippen molar-refractivity contribution in [2.24, 2.45) is 0 Å². The third-order valence-electron chi connectivity index (χ3n) is 2.56. The summed E-state index contributed by atoms with van der Waals surface area (Å²) >= 11 is 5.97. The summed E-state index contributed by atoms with van der Waals surface area (Å²) in [7, 11) is 0. The lowest BCUT2D eigenvalue weighted by Crippen LogP contribution is -2.34. The van der Waals surface area contributed by atoms with Crippen LogP contribution in [0.2, 0.25) is 5.02 Å². The Kier molecular flexibility index (Phi) is 5.48. The minimum absolute atomic E-state index is 0. The first kappa shape index (κ1) is 16.1. The molecule has 1 N–H and O–H groups in total. The van der Waals surface area contributed by atoms with Crippen molar-refractivity contribution in [3.8, 4) is 11.3 Å². The second-order valence-corrected chi connectivity index (χ2v) is 5.82. The van der Waals surface area contributed by atoms with Crippen molar-refractivity contribution in [1.29, 1.82) is 0 Å². The molecule has 1 aromatic carbocycles. The number of furan rings is 1. The third kappa shape index (κ3) is 4.90. The van der Waals surface area contributed by atoms with Gasteiger partial charge in [-0.05, 0) is 45.0 Å². The molecule has 0 unspecified atom stereocenters. The molecule has 0 aliphatic heterocycles. The van der Waals surface area contributed by atoms with Crippen LogP contribution < -0.4 is 5.32 Å². The fourth-order valence-corrected chi connectivity index (χ4v) is 1.81. The number of benzene rings is 1. The normalized spacial score (nSPS) is 11.2. The fraction of sp³-hybridized carbons (Fsp3) is 0.333. The highest BCUT2D eigenvalue weighted by atomic mass is 35.5. The maximum Gasteiger partial charge on any atom is 0.134 e. The van der Waals surface area contributed by atoms with E-state index in [1.165, 1.54) is 0 Å². The zero-order valence-electron chi connectivity index (χ0n) is 11.4. The molecule has 0 aliphatic rings. The Morgan fingerprint density at radius 1 is 1.16 bits per heavy atom. The standard InChI is InChI=1S/C15H18ClNO.ClH/c1-15(2,3)17-10-13-7-8-14(18-13)11-5-4-6-12(16)9-11;/h4-9,17H,10H2,1-3H3;1H. The Hall–Kier alpha value is -0.960. The summed E-state index contributed by atoms with van der Waals surface area (Å²) in [6, 6.07) is 11.6. The first-order valence-electron chi connectivity index (χ1n) is 6.04. The van der Waals surface area contributed by atoms with Gasteiger partial charge >= 0.3 is 0 Å². The summed E-state index contributed by atoms with van der Waals surface area (Å²) < 4.78 is 5.80. The van der Waals surface area contributed by atoms with Crippen molar-refractivity contribution in [2.45, 2.75) is 32.9 Å². The highest BCUT2D eigenvalue weighted by molar-refractivity contribution is 6.30. The number of hydrogen-bond acceptors (Lipinski definition) is 2. The fourth-order valence-electron chi connectivity index (χ4n) is 1.62. The summed E-state index contributed by atoms with van der Waals surface area (Å²) in [6.45, 7) is 7.12. The van der Waals surface area contributed by atoms with Gasteiger partial charge in [-0.1, -0.05) is 23.7 Å². The molecule has 1 heterocycles. The van der Waals surface area contributed by atoms with Crippen molar-refractivity contribution in [3.63, 3.8) is 0 Å². The molecule has 2 nitrogen and oxygen atoms in total. The molecule has 104 valence electrons. The highest BCUT2D eigenvalue weighted by Gasteiger charge is 2.10. The summed E-state index contributed by atoms with van der Waals surface area (Å²) in [5.74, 6) is 1.78. The Morgan fingerprint density at radius 2 is 1.89 bits per heavy atom. The van der Waals surface area contributed by atoms with Gasteiger partial charge in [0.2, 0.25) is 0 Å². The highest BCUT2D eigenvalue weighted by Crippen LogP contribution is 2.24. The summed E-state index contributed by atoms with van der Waals surface area (Å²) in [5.41, 5.74) is 1.09. The van der Waals surface area contributed by atoms with Gasteiger partial charge in [0.15, 0.2) is 0 Å². The van der Waals surface area contributed by atoms with Crippen LogP contribution in [0.1, 0.15) is 26.5 Å². The molecule has 0 radical (unpaired) electrons. The molecule has 4 heteroatoms. The van der Waals surface area contributed by atoms with Crippen molar-refractivity contribution in [3.05, 3.63) is 47.2 Å². The van der Waals surface area contributed by atoms with Gasteiger partial charge in [0.1, 0.15) is 11.5 Å². The van der Waals surface area contributed by atoms with Crippen LogP contribution >= 0.6 is 24.0 Å². The summed E-state index contributed by atoms with van der Waals surface area (Å²) in [5, 5.41) is 4.12. The number of nitrogens with one attached hydrogen (secondary N) is 1. The Morgan fingerprint density at radius 3 is 2.53 bits per heavy atom. The minimum Gasteiger partial charge on any atom is -0.460 e. The van der Waals surface area contributed by atoms with E-state index in [0.717, 1.165) is 28.7 Å². The van der Waals surface area contributed by atoms with E-state index in [-0.39, 0.29) is 17.9 Å². The Bertz CT molecular complexity index is 529. The molecule has 0 saturated heterocycles. The van der Waals surface area contributed by atoms with E-state index in [9.17, 15) is 0 Å².